The SMILES string of the molecule is O=C(c1cccs1)c1ccccc1Cc1cccs1. The summed E-state index contributed by atoms with van der Waals surface area (Å²) >= 11 is 3.22. The van der Waals surface area contributed by atoms with E-state index in [1.807, 2.05) is 47.8 Å². The molecule has 0 spiro atoms. The fourth-order valence-corrected chi connectivity index (χ4v) is 3.44. The van der Waals surface area contributed by atoms with Gasteiger partial charge in [-0.1, -0.05) is 36.4 Å². The van der Waals surface area contributed by atoms with Crippen LogP contribution in [0.3, 0.4) is 0 Å². The number of carbonyl (C=O) groups excluding carboxylic acids is 1. The van der Waals surface area contributed by atoms with Crippen molar-refractivity contribution < 1.29 is 4.79 Å². The molecule has 0 N–H and O–H groups in total. The molecular weight excluding hydrogens is 272 g/mol. The molecule has 0 aliphatic rings. The van der Waals surface area contributed by atoms with E-state index in [1.54, 1.807) is 11.3 Å². The van der Waals surface area contributed by atoms with Crippen molar-refractivity contribution in [2.75, 3.05) is 0 Å². The number of rotatable bonds is 4. The third kappa shape index (κ3) is 2.67. The summed E-state index contributed by atoms with van der Waals surface area (Å²) < 4.78 is 0. The summed E-state index contributed by atoms with van der Waals surface area (Å²) in [4.78, 5) is 14.6. The van der Waals surface area contributed by atoms with Crippen molar-refractivity contribution in [3.63, 3.8) is 0 Å². The summed E-state index contributed by atoms with van der Waals surface area (Å²) in [6, 6.07) is 15.8. The first-order chi connectivity index (χ1) is 9.34. The van der Waals surface area contributed by atoms with E-state index in [1.165, 1.54) is 16.2 Å². The summed E-state index contributed by atoms with van der Waals surface area (Å²) in [5.41, 5.74) is 1.92. The predicted octanol–water partition coefficient (Wildman–Crippen LogP) is 4.63. The molecular formula is C16H12OS2. The Morgan fingerprint density at radius 1 is 0.895 bits per heavy atom. The quantitative estimate of drug-likeness (QED) is 0.638. The minimum atomic E-state index is 0.127. The van der Waals surface area contributed by atoms with Crippen LogP contribution in [0.5, 0.6) is 0 Å². The Labute approximate surface area is 120 Å². The lowest BCUT2D eigenvalue weighted by Gasteiger charge is -2.06. The third-order valence-corrected chi connectivity index (χ3v) is 4.70. The van der Waals surface area contributed by atoms with Gasteiger partial charge >= 0.3 is 0 Å². The van der Waals surface area contributed by atoms with Crippen LogP contribution in [0.4, 0.5) is 0 Å². The second kappa shape index (κ2) is 5.51. The molecule has 0 bridgehead atoms. The molecule has 19 heavy (non-hydrogen) atoms. The molecule has 0 fully saturated rings. The maximum Gasteiger partial charge on any atom is 0.203 e. The van der Waals surface area contributed by atoms with Crippen molar-refractivity contribution in [3.05, 3.63) is 80.2 Å². The van der Waals surface area contributed by atoms with E-state index in [2.05, 4.69) is 11.4 Å². The predicted molar refractivity (Wildman–Crippen MR) is 81.3 cm³/mol. The van der Waals surface area contributed by atoms with Crippen molar-refractivity contribution >= 4 is 28.5 Å². The summed E-state index contributed by atoms with van der Waals surface area (Å²) in [6.45, 7) is 0. The van der Waals surface area contributed by atoms with Gasteiger partial charge in [-0.05, 0) is 28.5 Å². The molecule has 0 aliphatic carbocycles. The third-order valence-electron chi connectivity index (χ3n) is 2.95. The molecule has 0 amide bonds. The standard InChI is InChI=1S/C16H12OS2/c17-16(15-8-4-10-19-15)14-7-2-1-5-12(14)11-13-6-3-9-18-13/h1-10H,11H2. The number of ketones is 1. The molecule has 1 nitrogen and oxygen atoms in total. The molecule has 3 heteroatoms. The molecule has 3 aromatic rings. The molecule has 0 saturated carbocycles. The molecule has 2 heterocycles. The van der Waals surface area contributed by atoms with Gasteiger partial charge in [-0.15, -0.1) is 22.7 Å². The highest BCUT2D eigenvalue weighted by atomic mass is 32.1. The van der Waals surface area contributed by atoms with Gasteiger partial charge in [-0.3, -0.25) is 4.79 Å². The van der Waals surface area contributed by atoms with Gasteiger partial charge in [0, 0.05) is 16.9 Å². The van der Waals surface area contributed by atoms with E-state index >= 15 is 0 Å². The Kier molecular flexibility index (Phi) is 3.58. The van der Waals surface area contributed by atoms with Crippen LogP contribution in [0.2, 0.25) is 0 Å². The number of carbonyl (C=O) groups is 1. The summed E-state index contributed by atoms with van der Waals surface area (Å²) in [5, 5.41) is 4.01. The van der Waals surface area contributed by atoms with Crippen LogP contribution < -0.4 is 0 Å². The zero-order valence-electron chi connectivity index (χ0n) is 10.2. The molecule has 2 aromatic heterocycles. The molecule has 0 unspecified atom stereocenters. The number of hydrogen-bond donors (Lipinski definition) is 0. The fraction of sp³-hybridized carbons (Fsp3) is 0.0625. The minimum Gasteiger partial charge on any atom is -0.288 e. The highest BCUT2D eigenvalue weighted by Crippen LogP contribution is 2.22. The Hall–Kier alpha value is -1.71. The first kappa shape index (κ1) is 12.3. The van der Waals surface area contributed by atoms with Gasteiger partial charge < -0.3 is 0 Å². The Morgan fingerprint density at radius 3 is 2.42 bits per heavy atom. The van der Waals surface area contributed by atoms with E-state index < -0.39 is 0 Å². The zero-order chi connectivity index (χ0) is 13.1. The van der Waals surface area contributed by atoms with E-state index in [0.717, 1.165) is 22.4 Å². The lowest BCUT2D eigenvalue weighted by molar-refractivity contribution is 0.104. The second-order valence-electron chi connectivity index (χ2n) is 4.22. The van der Waals surface area contributed by atoms with Crippen LogP contribution in [0.25, 0.3) is 0 Å². The Bertz CT molecular complexity index is 667. The van der Waals surface area contributed by atoms with Gasteiger partial charge in [0.25, 0.3) is 0 Å². The normalized spacial score (nSPS) is 10.5. The number of benzene rings is 1. The smallest absolute Gasteiger partial charge is 0.203 e. The molecule has 94 valence electrons. The summed E-state index contributed by atoms with van der Waals surface area (Å²) in [6.07, 6.45) is 0.824. The van der Waals surface area contributed by atoms with Gasteiger partial charge in [-0.25, -0.2) is 0 Å². The first-order valence-corrected chi connectivity index (χ1v) is 7.79. The summed E-state index contributed by atoms with van der Waals surface area (Å²) in [7, 11) is 0. The van der Waals surface area contributed by atoms with E-state index in [-0.39, 0.29) is 5.78 Å². The number of hydrogen-bond acceptors (Lipinski definition) is 3. The summed E-state index contributed by atoms with van der Waals surface area (Å²) in [5.74, 6) is 0.127. The van der Waals surface area contributed by atoms with Gasteiger partial charge in [0.05, 0.1) is 4.88 Å². The van der Waals surface area contributed by atoms with Gasteiger partial charge in [0.15, 0.2) is 0 Å². The van der Waals surface area contributed by atoms with Crippen molar-refractivity contribution in [2.24, 2.45) is 0 Å². The number of thiophene rings is 2. The highest BCUT2D eigenvalue weighted by molar-refractivity contribution is 7.12. The molecule has 3 rings (SSSR count). The monoisotopic (exact) mass is 284 g/mol. The minimum absolute atomic E-state index is 0.127. The van der Waals surface area contributed by atoms with E-state index in [9.17, 15) is 4.79 Å². The van der Waals surface area contributed by atoms with Gasteiger partial charge in [0.2, 0.25) is 5.78 Å². The molecule has 0 aliphatic heterocycles. The molecule has 1 aromatic carbocycles. The van der Waals surface area contributed by atoms with Crippen LogP contribution in [0, 0.1) is 0 Å². The molecule has 0 saturated heterocycles. The van der Waals surface area contributed by atoms with E-state index in [0.29, 0.717) is 0 Å². The Morgan fingerprint density at radius 2 is 1.68 bits per heavy atom. The highest BCUT2D eigenvalue weighted by Gasteiger charge is 2.14. The van der Waals surface area contributed by atoms with Crippen LogP contribution in [-0.2, 0) is 6.42 Å². The fourth-order valence-electron chi connectivity index (χ4n) is 2.04. The van der Waals surface area contributed by atoms with Crippen LogP contribution >= 0.6 is 22.7 Å². The zero-order valence-corrected chi connectivity index (χ0v) is 11.8. The van der Waals surface area contributed by atoms with Gasteiger partial charge in [-0.2, -0.15) is 0 Å². The lowest BCUT2D eigenvalue weighted by atomic mass is 9.99. The van der Waals surface area contributed by atoms with Crippen molar-refractivity contribution in [1.82, 2.24) is 0 Å². The Balaban J connectivity index is 1.95. The average Bonchev–Trinajstić information content (AvgIpc) is 3.11. The topological polar surface area (TPSA) is 17.1 Å². The van der Waals surface area contributed by atoms with Crippen molar-refractivity contribution in [3.8, 4) is 0 Å². The maximum atomic E-state index is 12.5. The van der Waals surface area contributed by atoms with Crippen molar-refractivity contribution in [2.45, 2.75) is 6.42 Å². The first-order valence-electron chi connectivity index (χ1n) is 6.03. The largest absolute Gasteiger partial charge is 0.288 e. The van der Waals surface area contributed by atoms with Crippen LogP contribution in [-0.4, -0.2) is 5.78 Å². The molecule has 0 radical (unpaired) electrons. The lowest BCUT2D eigenvalue weighted by Crippen LogP contribution is -2.03. The van der Waals surface area contributed by atoms with Gasteiger partial charge in [0.1, 0.15) is 0 Å². The second-order valence-corrected chi connectivity index (χ2v) is 6.20. The van der Waals surface area contributed by atoms with Crippen LogP contribution in [0.1, 0.15) is 25.7 Å². The van der Waals surface area contributed by atoms with Crippen molar-refractivity contribution in [1.29, 1.82) is 0 Å². The van der Waals surface area contributed by atoms with Crippen LogP contribution in [0.15, 0.2) is 59.3 Å². The maximum absolute atomic E-state index is 12.5. The van der Waals surface area contributed by atoms with E-state index in [4.69, 9.17) is 0 Å². The average molecular weight is 284 g/mol. The molecule has 0 atom stereocenters.